The van der Waals surface area contributed by atoms with Crippen molar-refractivity contribution < 1.29 is 0 Å². The highest BCUT2D eigenvalue weighted by Crippen LogP contribution is 2.16. The molecule has 2 rings (SSSR count). The minimum absolute atomic E-state index is 0.469. The first-order valence-corrected chi connectivity index (χ1v) is 6.63. The van der Waals surface area contributed by atoms with Crippen molar-refractivity contribution in [2.75, 3.05) is 27.2 Å². The number of likely N-dealkylation sites (tertiary alicyclic amines) is 1. The average molecular weight is 245 g/mol. The van der Waals surface area contributed by atoms with Crippen LogP contribution in [0.1, 0.15) is 18.9 Å². The number of rotatable bonds is 3. The summed E-state index contributed by atoms with van der Waals surface area (Å²) < 4.78 is 0. The highest BCUT2D eigenvalue weighted by atomic mass is 15.2. The van der Waals surface area contributed by atoms with E-state index in [0.717, 1.165) is 25.5 Å². The molecule has 0 aromatic heterocycles. The molecule has 3 heteroatoms. The van der Waals surface area contributed by atoms with E-state index in [9.17, 15) is 0 Å². The molecule has 1 atom stereocenters. The Morgan fingerprint density at radius 2 is 2.06 bits per heavy atom. The summed E-state index contributed by atoms with van der Waals surface area (Å²) in [5, 5.41) is 0. The molecule has 1 fully saturated rings. The van der Waals surface area contributed by atoms with Gasteiger partial charge in [-0.25, -0.2) is 0 Å². The van der Waals surface area contributed by atoms with Crippen molar-refractivity contribution in [1.82, 2.24) is 9.80 Å². The number of hydrogen-bond acceptors (Lipinski definition) is 2. The molecule has 0 bridgehead atoms. The molecule has 98 valence electrons. The minimum Gasteiger partial charge on any atom is -0.367 e. The lowest BCUT2D eigenvalue weighted by molar-refractivity contribution is 0.327. The van der Waals surface area contributed by atoms with E-state index in [1.54, 1.807) is 0 Å². The fourth-order valence-corrected chi connectivity index (χ4v) is 2.28. The summed E-state index contributed by atoms with van der Waals surface area (Å²) in [5.41, 5.74) is 1.39. The van der Waals surface area contributed by atoms with Crippen LogP contribution < -0.4 is 0 Å². The molecule has 0 N–H and O–H groups in total. The van der Waals surface area contributed by atoms with Crippen molar-refractivity contribution in [1.29, 1.82) is 0 Å². The van der Waals surface area contributed by atoms with Crippen LogP contribution in [0.2, 0.25) is 0 Å². The summed E-state index contributed by atoms with van der Waals surface area (Å²) in [6, 6.07) is 11.1. The van der Waals surface area contributed by atoms with Crippen LogP contribution in [-0.2, 0) is 6.54 Å². The second kappa shape index (κ2) is 6.01. The molecule has 0 spiro atoms. The molecule has 0 aliphatic carbocycles. The molecule has 1 heterocycles. The Bertz CT molecular complexity index is 397. The molecule has 0 amide bonds. The van der Waals surface area contributed by atoms with E-state index in [4.69, 9.17) is 4.99 Å². The number of benzene rings is 1. The Labute approximate surface area is 110 Å². The molecular formula is C15H23N3. The number of hydrogen-bond donors (Lipinski definition) is 0. The van der Waals surface area contributed by atoms with Gasteiger partial charge in [0.2, 0.25) is 0 Å². The highest BCUT2D eigenvalue weighted by molar-refractivity contribution is 5.79. The van der Waals surface area contributed by atoms with E-state index >= 15 is 0 Å². The fourth-order valence-electron chi connectivity index (χ4n) is 2.28. The maximum absolute atomic E-state index is 4.77. The Morgan fingerprint density at radius 3 is 2.72 bits per heavy atom. The van der Waals surface area contributed by atoms with Crippen LogP contribution >= 0.6 is 0 Å². The number of nitrogens with zero attached hydrogens (tertiary/aromatic N) is 3. The van der Waals surface area contributed by atoms with Gasteiger partial charge in [0.1, 0.15) is 0 Å². The maximum atomic E-state index is 4.77. The Balaban J connectivity index is 1.87. The van der Waals surface area contributed by atoms with Crippen LogP contribution in [0, 0.1) is 0 Å². The van der Waals surface area contributed by atoms with E-state index in [2.05, 4.69) is 61.2 Å². The van der Waals surface area contributed by atoms with Crippen LogP contribution in [0.25, 0.3) is 0 Å². The lowest BCUT2D eigenvalue weighted by atomic mass is 10.2. The second-order valence-corrected chi connectivity index (χ2v) is 5.23. The normalized spacial score (nSPS) is 21.3. The summed E-state index contributed by atoms with van der Waals surface area (Å²) in [6.07, 6.45) is 1.18. The van der Waals surface area contributed by atoms with Gasteiger partial charge in [-0.05, 0) is 18.9 Å². The third-order valence-corrected chi connectivity index (χ3v) is 3.51. The van der Waals surface area contributed by atoms with Gasteiger partial charge in [-0.1, -0.05) is 30.3 Å². The lowest BCUT2D eigenvalue weighted by Crippen LogP contribution is -2.24. The van der Waals surface area contributed by atoms with Crippen molar-refractivity contribution in [3.8, 4) is 0 Å². The molecule has 1 aromatic carbocycles. The quantitative estimate of drug-likeness (QED) is 0.601. The summed E-state index contributed by atoms with van der Waals surface area (Å²) >= 11 is 0. The predicted molar refractivity (Wildman–Crippen MR) is 76.9 cm³/mol. The van der Waals surface area contributed by atoms with Crippen LogP contribution in [0.15, 0.2) is 35.3 Å². The van der Waals surface area contributed by atoms with E-state index in [1.165, 1.54) is 12.0 Å². The smallest absolute Gasteiger partial charge is 0.0956 e. The molecule has 1 aromatic rings. The molecule has 0 saturated carbocycles. The highest BCUT2D eigenvalue weighted by Gasteiger charge is 2.21. The second-order valence-electron chi connectivity index (χ2n) is 5.23. The Kier molecular flexibility index (Phi) is 4.37. The fraction of sp³-hybridized carbons (Fsp3) is 0.533. The molecule has 1 saturated heterocycles. The zero-order valence-corrected chi connectivity index (χ0v) is 11.6. The van der Waals surface area contributed by atoms with Crippen LogP contribution in [-0.4, -0.2) is 48.9 Å². The first kappa shape index (κ1) is 13.1. The molecule has 0 unspecified atom stereocenters. The monoisotopic (exact) mass is 245 g/mol. The summed E-state index contributed by atoms with van der Waals surface area (Å²) in [7, 11) is 4.10. The minimum atomic E-state index is 0.469. The van der Waals surface area contributed by atoms with Gasteiger partial charge in [-0.3, -0.25) is 9.89 Å². The molecule has 0 radical (unpaired) electrons. The zero-order valence-electron chi connectivity index (χ0n) is 11.6. The van der Waals surface area contributed by atoms with E-state index in [-0.39, 0.29) is 0 Å². The molecule has 18 heavy (non-hydrogen) atoms. The van der Waals surface area contributed by atoms with Gasteiger partial charge in [0.25, 0.3) is 0 Å². The SMILES string of the molecule is CC(=N[C@H]1CCN(Cc2ccccc2)C1)N(C)C. The standard InChI is InChI=1S/C15H23N3/c1-13(17(2)3)16-15-9-10-18(12-15)11-14-7-5-4-6-8-14/h4-8,15H,9-12H2,1-3H3/t15-/m0/s1. The Morgan fingerprint density at radius 1 is 1.33 bits per heavy atom. The van der Waals surface area contributed by atoms with Gasteiger partial charge in [-0.15, -0.1) is 0 Å². The average Bonchev–Trinajstić information content (AvgIpc) is 2.77. The summed E-state index contributed by atoms with van der Waals surface area (Å²) in [6.45, 7) is 5.37. The van der Waals surface area contributed by atoms with E-state index in [1.807, 2.05) is 0 Å². The molecular weight excluding hydrogens is 222 g/mol. The third-order valence-electron chi connectivity index (χ3n) is 3.51. The van der Waals surface area contributed by atoms with Crippen LogP contribution in [0.3, 0.4) is 0 Å². The summed E-state index contributed by atoms with van der Waals surface area (Å²) in [4.78, 5) is 9.34. The van der Waals surface area contributed by atoms with Crippen molar-refractivity contribution in [2.45, 2.75) is 25.9 Å². The largest absolute Gasteiger partial charge is 0.367 e. The Hall–Kier alpha value is -1.35. The molecule has 1 aliphatic heterocycles. The van der Waals surface area contributed by atoms with Gasteiger partial charge in [0.05, 0.1) is 11.9 Å². The van der Waals surface area contributed by atoms with Gasteiger partial charge in [0.15, 0.2) is 0 Å². The zero-order chi connectivity index (χ0) is 13.0. The third kappa shape index (κ3) is 3.57. The van der Waals surface area contributed by atoms with Crippen molar-refractivity contribution >= 4 is 5.84 Å². The number of aliphatic imine (C=N–C) groups is 1. The first-order chi connectivity index (χ1) is 8.65. The molecule has 3 nitrogen and oxygen atoms in total. The molecule has 1 aliphatic rings. The lowest BCUT2D eigenvalue weighted by Gasteiger charge is -2.16. The van der Waals surface area contributed by atoms with Crippen LogP contribution in [0.4, 0.5) is 0 Å². The maximum Gasteiger partial charge on any atom is 0.0956 e. The van der Waals surface area contributed by atoms with Crippen molar-refractivity contribution in [2.24, 2.45) is 4.99 Å². The van der Waals surface area contributed by atoms with Crippen molar-refractivity contribution in [3.05, 3.63) is 35.9 Å². The van der Waals surface area contributed by atoms with Gasteiger partial charge in [-0.2, -0.15) is 0 Å². The van der Waals surface area contributed by atoms with E-state index in [0.29, 0.717) is 6.04 Å². The van der Waals surface area contributed by atoms with E-state index < -0.39 is 0 Å². The first-order valence-electron chi connectivity index (χ1n) is 6.63. The van der Waals surface area contributed by atoms with Crippen LogP contribution in [0.5, 0.6) is 0 Å². The van der Waals surface area contributed by atoms with Crippen molar-refractivity contribution in [3.63, 3.8) is 0 Å². The van der Waals surface area contributed by atoms with Gasteiger partial charge >= 0.3 is 0 Å². The topological polar surface area (TPSA) is 18.8 Å². The van der Waals surface area contributed by atoms with Gasteiger partial charge < -0.3 is 4.90 Å². The summed E-state index contributed by atoms with van der Waals surface area (Å²) in [5.74, 6) is 1.13. The predicted octanol–water partition coefficient (Wildman–Crippen LogP) is 2.24. The number of amidine groups is 1. The van der Waals surface area contributed by atoms with Gasteiger partial charge in [0, 0.05) is 33.7 Å².